The van der Waals surface area contributed by atoms with Gasteiger partial charge in [0.05, 0.1) is 31.8 Å². The SMILES string of the molecule is CC(C)n1cncc1CNN1CCOCC1. The van der Waals surface area contributed by atoms with Crippen molar-refractivity contribution in [2.45, 2.75) is 26.4 Å². The van der Waals surface area contributed by atoms with E-state index < -0.39 is 0 Å². The molecule has 1 aromatic heterocycles. The maximum Gasteiger partial charge on any atom is 0.0951 e. The quantitative estimate of drug-likeness (QED) is 0.821. The third-order valence-corrected chi connectivity index (χ3v) is 2.80. The number of hydrazine groups is 1. The average Bonchev–Trinajstić information content (AvgIpc) is 2.76. The molecule has 0 unspecified atom stereocenters. The molecule has 2 heterocycles. The van der Waals surface area contributed by atoms with Crippen LogP contribution in [0.5, 0.6) is 0 Å². The van der Waals surface area contributed by atoms with Crippen LogP contribution in [0.1, 0.15) is 25.6 Å². The lowest BCUT2D eigenvalue weighted by molar-refractivity contribution is 0.0101. The van der Waals surface area contributed by atoms with Gasteiger partial charge >= 0.3 is 0 Å². The summed E-state index contributed by atoms with van der Waals surface area (Å²) in [7, 11) is 0. The molecule has 1 N–H and O–H groups in total. The number of nitrogens with zero attached hydrogens (tertiary/aromatic N) is 3. The zero-order valence-electron chi connectivity index (χ0n) is 10.0. The van der Waals surface area contributed by atoms with Crippen molar-refractivity contribution in [1.29, 1.82) is 0 Å². The Morgan fingerprint density at radius 3 is 2.88 bits per heavy atom. The summed E-state index contributed by atoms with van der Waals surface area (Å²) in [4.78, 5) is 4.19. The van der Waals surface area contributed by atoms with Gasteiger partial charge in [0.2, 0.25) is 0 Å². The molecular weight excluding hydrogens is 204 g/mol. The molecule has 0 aromatic carbocycles. The molecule has 0 amide bonds. The predicted octanol–water partition coefficient (Wildman–Crippen LogP) is 0.801. The summed E-state index contributed by atoms with van der Waals surface area (Å²) in [5.74, 6) is 0. The van der Waals surface area contributed by atoms with Crippen molar-refractivity contribution in [2.24, 2.45) is 0 Å². The third-order valence-electron chi connectivity index (χ3n) is 2.80. The molecule has 0 spiro atoms. The van der Waals surface area contributed by atoms with E-state index in [0.29, 0.717) is 6.04 Å². The molecule has 5 heteroatoms. The van der Waals surface area contributed by atoms with Crippen LogP contribution in [0.3, 0.4) is 0 Å². The van der Waals surface area contributed by atoms with Crippen LogP contribution in [0.15, 0.2) is 12.5 Å². The predicted molar refractivity (Wildman–Crippen MR) is 61.8 cm³/mol. The van der Waals surface area contributed by atoms with Crippen LogP contribution in [-0.2, 0) is 11.3 Å². The molecule has 1 aliphatic heterocycles. The molecule has 5 nitrogen and oxygen atoms in total. The Hall–Kier alpha value is -0.910. The van der Waals surface area contributed by atoms with E-state index in [1.165, 1.54) is 5.69 Å². The minimum Gasteiger partial charge on any atom is -0.379 e. The molecule has 0 atom stereocenters. The standard InChI is InChI=1S/C11H20N4O/c1-10(2)15-9-12-7-11(15)8-13-14-3-5-16-6-4-14/h7,9-10,13H,3-6,8H2,1-2H3. The van der Waals surface area contributed by atoms with E-state index in [4.69, 9.17) is 4.74 Å². The van der Waals surface area contributed by atoms with Crippen molar-refractivity contribution in [3.63, 3.8) is 0 Å². The first kappa shape index (κ1) is 11.6. The Balaban J connectivity index is 1.86. The van der Waals surface area contributed by atoms with Crippen LogP contribution in [0.25, 0.3) is 0 Å². The van der Waals surface area contributed by atoms with Gasteiger partial charge in [-0.25, -0.2) is 15.4 Å². The molecule has 1 aliphatic rings. The van der Waals surface area contributed by atoms with E-state index in [1.54, 1.807) is 0 Å². The summed E-state index contributed by atoms with van der Waals surface area (Å²) in [5.41, 5.74) is 4.64. The summed E-state index contributed by atoms with van der Waals surface area (Å²) in [6.45, 7) is 8.70. The highest BCUT2D eigenvalue weighted by molar-refractivity contribution is 4.99. The van der Waals surface area contributed by atoms with Gasteiger partial charge in [-0.1, -0.05) is 0 Å². The second kappa shape index (κ2) is 5.43. The molecule has 0 bridgehead atoms. The number of nitrogens with one attached hydrogen (secondary N) is 1. The first-order valence-corrected chi connectivity index (χ1v) is 5.84. The summed E-state index contributed by atoms with van der Waals surface area (Å²) < 4.78 is 7.49. The summed E-state index contributed by atoms with van der Waals surface area (Å²) in [5, 5.41) is 2.21. The Morgan fingerprint density at radius 2 is 2.19 bits per heavy atom. The lowest BCUT2D eigenvalue weighted by atomic mass is 10.3. The number of ether oxygens (including phenoxy) is 1. The molecule has 0 radical (unpaired) electrons. The second-order valence-corrected chi connectivity index (χ2v) is 4.32. The van der Waals surface area contributed by atoms with Crippen LogP contribution >= 0.6 is 0 Å². The van der Waals surface area contributed by atoms with Crippen LogP contribution in [0, 0.1) is 0 Å². The molecule has 1 fully saturated rings. The summed E-state index contributed by atoms with van der Waals surface area (Å²) >= 11 is 0. The van der Waals surface area contributed by atoms with Gasteiger partial charge in [-0.2, -0.15) is 0 Å². The van der Waals surface area contributed by atoms with Crippen LogP contribution < -0.4 is 5.43 Å². The minimum atomic E-state index is 0.462. The Bertz CT molecular complexity index is 318. The van der Waals surface area contributed by atoms with E-state index in [9.17, 15) is 0 Å². The van der Waals surface area contributed by atoms with E-state index in [-0.39, 0.29) is 0 Å². The first-order valence-electron chi connectivity index (χ1n) is 5.84. The molecular formula is C11H20N4O. The zero-order valence-corrected chi connectivity index (χ0v) is 10.0. The highest BCUT2D eigenvalue weighted by Crippen LogP contribution is 2.08. The van der Waals surface area contributed by atoms with Crippen LogP contribution in [0.4, 0.5) is 0 Å². The maximum absolute atomic E-state index is 5.30. The van der Waals surface area contributed by atoms with E-state index in [2.05, 4.69) is 33.8 Å². The van der Waals surface area contributed by atoms with E-state index >= 15 is 0 Å². The molecule has 0 aliphatic carbocycles. The molecule has 0 saturated carbocycles. The minimum absolute atomic E-state index is 0.462. The van der Waals surface area contributed by atoms with Crippen molar-refractivity contribution in [3.05, 3.63) is 18.2 Å². The third kappa shape index (κ3) is 2.81. The monoisotopic (exact) mass is 224 g/mol. The summed E-state index contributed by atoms with van der Waals surface area (Å²) in [6, 6.07) is 0.462. The summed E-state index contributed by atoms with van der Waals surface area (Å²) in [6.07, 6.45) is 3.81. The Morgan fingerprint density at radius 1 is 1.44 bits per heavy atom. The molecule has 1 saturated heterocycles. The van der Waals surface area contributed by atoms with E-state index in [0.717, 1.165) is 32.8 Å². The van der Waals surface area contributed by atoms with Gasteiger partial charge in [0, 0.05) is 25.3 Å². The molecule has 1 aromatic rings. The normalized spacial score (nSPS) is 18.2. The van der Waals surface area contributed by atoms with Crippen molar-refractivity contribution in [3.8, 4) is 0 Å². The van der Waals surface area contributed by atoms with Crippen LogP contribution in [0.2, 0.25) is 0 Å². The van der Waals surface area contributed by atoms with Crippen LogP contribution in [-0.4, -0.2) is 40.9 Å². The van der Waals surface area contributed by atoms with Crippen molar-refractivity contribution >= 4 is 0 Å². The van der Waals surface area contributed by atoms with Gasteiger partial charge in [-0.05, 0) is 13.8 Å². The van der Waals surface area contributed by atoms with Crippen molar-refractivity contribution < 1.29 is 4.74 Å². The van der Waals surface area contributed by atoms with Gasteiger partial charge in [-0.15, -0.1) is 0 Å². The molecule has 16 heavy (non-hydrogen) atoms. The smallest absolute Gasteiger partial charge is 0.0951 e. The van der Waals surface area contributed by atoms with Gasteiger partial charge < -0.3 is 9.30 Å². The molecule has 2 rings (SSSR count). The van der Waals surface area contributed by atoms with Gasteiger partial charge in [0.1, 0.15) is 0 Å². The number of imidazole rings is 1. The lowest BCUT2D eigenvalue weighted by Crippen LogP contribution is -2.45. The fourth-order valence-electron chi connectivity index (χ4n) is 1.85. The van der Waals surface area contributed by atoms with Gasteiger partial charge in [-0.3, -0.25) is 0 Å². The number of morpholine rings is 1. The number of hydrogen-bond donors (Lipinski definition) is 1. The number of hydrogen-bond acceptors (Lipinski definition) is 4. The van der Waals surface area contributed by atoms with Crippen molar-refractivity contribution in [2.75, 3.05) is 26.3 Å². The Labute approximate surface area is 96.4 Å². The maximum atomic E-state index is 5.30. The fourth-order valence-corrected chi connectivity index (χ4v) is 1.85. The molecule has 90 valence electrons. The Kier molecular flexibility index (Phi) is 3.93. The first-order chi connectivity index (χ1) is 7.77. The second-order valence-electron chi connectivity index (χ2n) is 4.32. The highest BCUT2D eigenvalue weighted by Gasteiger charge is 2.11. The number of rotatable bonds is 4. The fraction of sp³-hybridized carbons (Fsp3) is 0.727. The lowest BCUT2D eigenvalue weighted by Gasteiger charge is -2.27. The zero-order chi connectivity index (χ0) is 11.4. The average molecular weight is 224 g/mol. The van der Waals surface area contributed by atoms with E-state index in [1.807, 2.05) is 12.5 Å². The largest absolute Gasteiger partial charge is 0.379 e. The van der Waals surface area contributed by atoms with Gasteiger partial charge in [0.15, 0.2) is 0 Å². The number of aromatic nitrogens is 2. The highest BCUT2D eigenvalue weighted by atomic mass is 16.5. The van der Waals surface area contributed by atoms with Crippen molar-refractivity contribution in [1.82, 2.24) is 20.0 Å². The topological polar surface area (TPSA) is 42.3 Å². The van der Waals surface area contributed by atoms with Gasteiger partial charge in [0.25, 0.3) is 0 Å².